The maximum absolute atomic E-state index is 12.1. The van der Waals surface area contributed by atoms with E-state index in [1.165, 1.54) is 41.3 Å². The molecule has 1 amide bonds. The van der Waals surface area contributed by atoms with Crippen LogP contribution in [0.3, 0.4) is 0 Å². The Kier molecular flexibility index (Phi) is 6.45. The molecule has 2 aromatic carbocycles. The number of nitro groups is 1. The van der Waals surface area contributed by atoms with Crippen molar-refractivity contribution in [1.29, 1.82) is 0 Å². The first-order valence-electron chi connectivity index (χ1n) is 7.94. The van der Waals surface area contributed by atoms with Gasteiger partial charge in [-0.15, -0.1) is 10.2 Å². The molecular formula is C17H14ClN5O3S2. The highest BCUT2D eigenvalue weighted by Gasteiger charge is 2.17. The first kappa shape index (κ1) is 20.1. The molecule has 1 heterocycles. The molecular weight excluding hydrogens is 422 g/mol. The van der Waals surface area contributed by atoms with Crippen LogP contribution in [0.25, 0.3) is 0 Å². The molecule has 0 atom stereocenters. The number of amides is 1. The predicted molar refractivity (Wildman–Crippen MR) is 112 cm³/mol. The number of benzene rings is 2. The van der Waals surface area contributed by atoms with Crippen LogP contribution in [-0.2, 0) is 4.79 Å². The molecule has 11 heteroatoms. The second-order valence-corrected chi connectivity index (χ2v) is 8.26. The molecule has 0 bridgehead atoms. The monoisotopic (exact) mass is 435 g/mol. The Morgan fingerprint density at radius 2 is 2.00 bits per heavy atom. The summed E-state index contributed by atoms with van der Waals surface area (Å²) in [6.07, 6.45) is 0. The molecule has 0 fully saturated rings. The van der Waals surface area contributed by atoms with Crippen molar-refractivity contribution in [2.45, 2.75) is 11.3 Å². The lowest BCUT2D eigenvalue weighted by Crippen LogP contribution is -2.15. The fourth-order valence-corrected chi connectivity index (χ4v) is 3.89. The summed E-state index contributed by atoms with van der Waals surface area (Å²) in [5.41, 5.74) is 1.89. The molecule has 0 unspecified atom stereocenters. The van der Waals surface area contributed by atoms with Crippen molar-refractivity contribution < 1.29 is 9.72 Å². The summed E-state index contributed by atoms with van der Waals surface area (Å²) >= 11 is 8.28. The van der Waals surface area contributed by atoms with Crippen LogP contribution in [0.15, 0.2) is 46.8 Å². The van der Waals surface area contributed by atoms with Gasteiger partial charge >= 0.3 is 0 Å². The lowest BCUT2D eigenvalue weighted by Gasteiger charge is -2.05. The van der Waals surface area contributed by atoms with E-state index in [-0.39, 0.29) is 22.2 Å². The number of aromatic nitrogens is 2. The van der Waals surface area contributed by atoms with Crippen molar-refractivity contribution in [3.63, 3.8) is 0 Å². The number of hydrogen-bond acceptors (Lipinski definition) is 8. The third-order valence-corrected chi connectivity index (χ3v) is 5.67. The minimum Gasteiger partial charge on any atom is -0.330 e. The number of rotatable bonds is 7. The Morgan fingerprint density at radius 1 is 1.25 bits per heavy atom. The SMILES string of the molecule is Cc1ccc(Nc2nnc(SCC(=O)Nc3ccc(Cl)cc3[N+](=O)[O-])s2)cc1. The van der Waals surface area contributed by atoms with E-state index in [1.54, 1.807) is 0 Å². The van der Waals surface area contributed by atoms with Crippen LogP contribution in [0, 0.1) is 17.0 Å². The van der Waals surface area contributed by atoms with Gasteiger partial charge in [-0.25, -0.2) is 0 Å². The number of hydrogen-bond donors (Lipinski definition) is 2. The van der Waals surface area contributed by atoms with Crippen molar-refractivity contribution in [2.75, 3.05) is 16.4 Å². The fraction of sp³-hybridized carbons (Fsp3) is 0.118. The van der Waals surface area contributed by atoms with Gasteiger partial charge < -0.3 is 10.6 Å². The Labute approximate surface area is 173 Å². The number of nitrogens with zero attached hydrogens (tertiary/aromatic N) is 3. The standard InChI is InChI=1S/C17H14ClN5O3S2/c1-10-2-5-12(6-3-10)19-16-21-22-17(28-16)27-9-15(24)20-13-7-4-11(18)8-14(13)23(25)26/h2-8H,9H2,1H3,(H,19,21)(H,20,24). The van der Waals surface area contributed by atoms with Crippen LogP contribution in [0.2, 0.25) is 5.02 Å². The number of aryl methyl sites for hydroxylation is 1. The molecule has 0 spiro atoms. The van der Waals surface area contributed by atoms with Gasteiger partial charge in [0.15, 0.2) is 4.34 Å². The smallest absolute Gasteiger partial charge is 0.294 e. The number of carbonyl (C=O) groups excluding carboxylic acids is 1. The summed E-state index contributed by atoms with van der Waals surface area (Å²) in [6.45, 7) is 2.01. The van der Waals surface area contributed by atoms with Crippen molar-refractivity contribution >= 4 is 62.8 Å². The number of anilines is 3. The number of carbonyl (C=O) groups is 1. The Hall–Kier alpha value is -2.69. The van der Waals surface area contributed by atoms with Gasteiger partial charge in [-0.3, -0.25) is 14.9 Å². The van der Waals surface area contributed by atoms with E-state index in [2.05, 4.69) is 20.8 Å². The average molecular weight is 436 g/mol. The molecule has 144 valence electrons. The molecule has 0 aliphatic heterocycles. The van der Waals surface area contributed by atoms with E-state index >= 15 is 0 Å². The third-order valence-electron chi connectivity index (χ3n) is 3.47. The number of nitro benzene ring substituents is 1. The topological polar surface area (TPSA) is 110 Å². The van der Waals surface area contributed by atoms with Gasteiger partial charge in [-0.2, -0.15) is 0 Å². The minimum atomic E-state index is -0.595. The van der Waals surface area contributed by atoms with Crippen LogP contribution in [-0.4, -0.2) is 26.8 Å². The van der Waals surface area contributed by atoms with Gasteiger partial charge in [0.05, 0.1) is 10.7 Å². The zero-order valence-electron chi connectivity index (χ0n) is 14.5. The highest BCUT2D eigenvalue weighted by molar-refractivity contribution is 8.01. The number of thioether (sulfide) groups is 1. The minimum absolute atomic E-state index is 0.0406. The van der Waals surface area contributed by atoms with Gasteiger partial charge in [0, 0.05) is 16.8 Å². The first-order chi connectivity index (χ1) is 13.4. The van der Waals surface area contributed by atoms with Crippen molar-refractivity contribution in [3.05, 3.63) is 63.2 Å². The molecule has 3 rings (SSSR count). The number of halogens is 1. The zero-order chi connectivity index (χ0) is 20.1. The van der Waals surface area contributed by atoms with Crippen LogP contribution in [0.1, 0.15) is 5.56 Å². The van der Waals surface area contributed by atoms with Gasteiger partial charge in [0.2, 0.25) is 11.0 Å². The molecule has 0 saturated carbocycles. The van der Waals surface area contributed by atoms with Crippen LogP contribution < -0.4 is 10.6 Å². The normalized spacial score (nSPS) is 10.5. The number of nitrogens with one attached hydrogen (secondary N) is 2. The van der Waals surface area contributed by atoms with E-state index in [1.807, 2.05) is 31.2 Å². The lowest BCUT2D eigenvalue weighted by molar-refractivity contribution is -0.383. The summed E-state index contributed by atoms with van der Waals surface area (Å²) < 4.78 is 0.607. The summed E-state index contributed by atoms with van der Waals surface area (Å²) in [6, 6.07) is 11.9. The first-order valence-corrected chi connectivity index (χ1v) is 10.1. The van der Waals surface area contributed by atoms with Gasteiger partial charge in [0.25, 0.3) is 5.69 Å². The predicted octanol–water partition coefficient (Wildman–Crippen LogP) is 4.88. The summed E-state index contributed by atoms with van der Waals surface area (Å²) in [7, 11) is 0. The van der Waals surface area contributed by atoms with E-state index < -0.39 is 10.8 Å². The van der Waals surface area contributed by atoms with Crippen LogP contribution in [0.5, 0.6) is 0 Å². The Morgan fingerprint density at radius 3 is 2.71 bits per heavy atom. The molecule has 0 radical (unpaired) electrons. The van der Waals surface area contributed by atoms with Gasteiger partial charge in [0.1, 0.15) is 5.69 Å². The molecule has 8 nitrogen and oxygen atoms in total. The molecule has 0 aliphatic rings. The average Bonchev–Trinajstić information content (AvgIpc) is 3.10. The third kappa shape index (κ3) is 5.41. The van der Waals surface area contributed by atoms with Gasteiger partial charge in [-0.1, -0.05) is 52.4 Å². The molecule has 2 N–H and O–H groups in total. The Bertz CT molecular complexity index is 1010. The van der Waals surface area contributed by atoms with Crippen molar-refractivity contribution in [1.82, 2.24) is 10.2 Å². The summed E-state index contributed by atoms with van der Waals surface area (Å²) in [5, 5.41) is 25.7. The molecule has 28 heavy (non-hydrogen) atoms. The largest absolute Gasteiger partial charge is 0.330 e. The lowest BCUT2D eigenvalue weighted by atomic mass is 10.2. The zero-order valence-corrected chi connectivity index (χ0v) is 16.9. The Balaban J connectivity index is 1.56. The second-order valence-electron chi connectivity index (χ2n) is 5.62. The van der Waals surface area contributed by atoms with E-state index in [0.29, 0.717) is 9.47 Å². The molecule has 3 aromatic rings. The second kappa shape index (κ2) is 9.00. The maximum Gasteiger partial charge on any atom is 0.294 e. The highest BCUT2D eigenvalue weighted by Crippen LogP contribution is 2.30. The van der Waals surface area contributed by atoms with E-state index in [0.717, 1.165) is 11.3 Å². The molecule has 0 saturated heterocycles. The summed E-state index contributed by atoms with van der Waals surface area (Å²) in [4.78, 5) is 22.6. The van der Waals surface area contributed by atoms with Gasteiger partial charge in [-0.05, 0) is 31.2 Å². The maximum atomic E-state index is 12.1. The van der Waals surface area contributed by atoms with Crippen molar-refractivity contribution in [2.24, 2.45) is 0 Å². The van der Waals surface area contributed by atoms with E-state index in [9.17, 15) is 14.9 Å². The van der Waals surface area contributed by atoms with Crippen molar-refractivity contribution in [3.8, 4) is 0 Å². The summed E-state index contributed by atoms with van der Waals surface area (Å²) in [5.74, 6) is -0.350. The molecule has 0 aliphatic carbocycles. The highest BCUT2D eigenvalue weighted by atomic mass is 35.5. The fourth-order valence-electron chi connectivity index (χ4n) is 2.15. The quantitative estimate of drug-likeness (QED) is 0.309. The van der Waals surface area contributed by atoms with Crippen LogP contribution in [0.4, 0.5) is 22.2 Å². The van der Waals surface area contributed by atoms with E-state index in [4.69, 9.17) is 11.6 Å². The van der Waals surface area contributed by atoms with Crippen LogP contribution >= 0.6 is 34.7 Å². The molecule has 1 aromatic heterocycles.